The zero-order chi connectivity index (χ0) is 14.1. The highest BCUT2D eigenvalue weighted by Gasteiger charge is 2.15. The van der Waals surface area contributed by atoms with Crippen LogP contribution in [0.3, 0.4) is 0 Å². The number of anilines is 1. The van der Waals surface area contributed by atoms with E-state index >= 15 is 0 Å². The molecule has 0 fully saturated rings. The van der Waals surface area contributed by atoms with Gasteiger partial charge >= 0.3 is 5.97 Å². The van der Waals surface area contributed by atoms with E-state index in [9.17, 15) is 4.79 Å². The Morgan fingerprint density at radius 1 is 1.35 bits per heavy atom. The molecule has 3 heterocycles. The van der Waals surface area contributed by atoms with E-state index in [4.69, 9.17) is 5.73 Å². The summed E-state index contributed by atoms with van der Waals surface area (Å²) in [5.74, 6) is -0.347. The SMILES string of the molecule is COC(=O)c1cnc2cc(-c3ccncc3)nn2c1N. The number of carbonyl (C=O) groups excluding carboxylic acids is 1. The molecular formula is C13H11N5O2. The maximum absolute atomic E-state index is 11.6. The Kier molecular flexibility index (Phi) is 2.79. The Bertz CT molecular complexity index is 782. The van der Waals surface area contributed by atoms with Gasteiger partial charge in [-0.1, -0.05) is 0 Å². The van der Waals surface area contributed by atoms with Crippen LogP contribution >= 0.6 is 0 Å². The first-order chi connectivity index (χ1) is 9.70. The normalized spacial score (nSPS) is 10.7. The first-order valence-electron chi connectivity index (χ1n) is 5.83. The third-order valence-corrected chi connectivity index (χ3v) is 2.90. The third kappa shape index (κ3) is 1.85. The van der Waals surface area contributed by atoms with Crippen LogP contribution in [0.1, 0.15) is 10.4 Å². The fraction of sp³-hybridized carbons (Fsp3) is 0.0769. The smallest absolute Gasteiger partial charge is 0.343 e. The van der Waals surface area contributed by atoms with Gasteiger partial charge in [-0.05, 0) is 12.1 Å². The number of aromatic nitrogens is 4. The van der Waals surface area contributed by atoms with Crippen molar-refractivity contribution in [1.82, 2.24) is 19.6 Å². The van der Waals surface area contributed by atoms with Crippen molar-refractivity contribution in [2.24, 2.45) is 0 Å². The van der Waals surface area contributed by atoms with E-state index in [1.165, 1.54) is 17.8 Å². The first kappa shape index (κ1) is 12.1. The van der Waals surface area contributed by atoms with E-state index in [2.05, 4.69) is 19.8 Å². The molecule has 3 rings (SSSR count). The van der Waals surface area contributed by atoms with Crippen molar-refractivity contribution in [3.8, 4) is 11.3 Å². The highest BCUT2D eigenvalue weighted by molar-refractivity contribution is 5.94. The lowest BCUT2D eigenvalue weighted by molar-refractivity contribution is 0.0601. The number of methoxy groups -OCH3 is 1. The summed E-state index contributed by atoms with van der Waals surface area (Å²) in [5, 5.41) is 4.35. The van der Waals surface area contributed by atoms with Crippen LogP contribution in [0.4, 0.5) is 5.82 Å². The molecule has 20 heavy (non-hydrogen) atoms. The van der Waals surface area contributed by atoms with Crippen LogP contribution in [0.2, 0.25) is 0 Å². The van der Waals surface area contributed by atoms with Crippen LogP contribution in [-0.2, 0) is 4.74 Å². The zero-order valence-corrected chi connectivity index (χ0v) is 10.6. The zero-order valence-electron chi connectivity index (χ0n) is 10.6. The number of rotatable bonds is 2. The van der Waals surface area contributed by atoms with E-state index < -0.39 is 5.97 Å². The van der Waals surface area contributed by atoms with Gasteiger partial charge in [-0.2, -0.15) is 9.61 Å². The number of fused-ring (bicyclic) bond motifs is 1. The summed E-state index contributed by atoms with van der Waals surface area (Å²) in [4.78, 5) is 19.7. The molecule has 0 radical (unpaired) electrons. The number of hydrogen-bond acceptors (Lipinski definition) is 6. The topological polar surface area (TPSA) is 95.4 Å². The second-order valence-electron chi connectivity index (χ2n) is 4.08. The minimum Gasteiger partial charge on any atom is -0.465 e. The van der Waals surface area contributed by atoms with Crippen LogP contribution in [0.5, 0.6) is 0 Å². The molecule has 100 valence electrons. The van der Waals surface area contributed by atoms with E-state index in [-0.39, 0.29) is 11.4 Å². The summed E-state index contributed by atoms with van der Waals surface area (Å²) in [6.07, 6.45) is 4.74. The summed E-state index contributed by atoms with van der Waals surface area (Å²) in [7, 11) is 1.29. The van der Waals surface area contributed by atoms with Gasteiger partial charge in [0.1, 0.15) is 11.4 Å². The van der Waals surface area contributed by atoms with Crippen molar-refractivity contribution in [1.29, 1.82) is 0 Å². The van der Waals surface area contributed by atoms with E-state index in [0.717, 1.165) is 5.56 Å². The van der Waals surface area contributed by atoms with Crippen molar-refractivity contribution in [3.63, 3.8) is 0 Å². The molecule has 0 aromatic carbocycles. The molecule has 3 aromatic heterocycles. The maximum atomic E-state index is 11.6. The van der Waals surface area contributed by atoms with Crippen LogP contribution in [-0.4, -0.2) is 32.7 Å². The molecule has 7 nitrogen and oxygen atoms in total. The second kappa shape index (κ2) is 4.61. The number of nitrogens with two attached hydrogens (primary N) is 1. The minimum atomic E-state index is -0.544. The third-order valence-electron chi connectivity index (χ3n) is 2.90. The Balaban J connectivity index is 2.17. The highest BCUT2D eigenvalue weighted by Crippen LogP contribution is 2.21. The van der Waals surface area contributed by atoms with E-state index in [1.807, 2.05) is 12.1 Å². The highest BCUT2D eigenvalue weighted by atomic mass is 16.5. The quantitative estimate of drug-likeness (QED) is 0.701. The number of esters is 1. The lowest BCUT2D eigenvalue weighted by Crippen LogP contribution is -2.11. The van der Waals surface area contributed by atoms with Gasteiger partial charge < -0.3 is 10.5 Å². The van der Waals surface area contributed by atoms with Gasteiger partial charge in [0, 0.05) is 30.2 Å². The number of ether oxygens (including phenoxy) is 1. The largest absolute Gasteiger partial charge is 0.465 e. The van der Waals surface area contributed by atoms with Crippen LogP contribution in [0, 0.1) is 0 Å². The molecule has 7 heteroatoms. The van der Waals surface area contributed by atoms with Gasteiger partial charge in [0.15, 0.2) is 5.65 Å². The average molecular weight is 269 g/mol. The van der Waals surface area contributed by atoms with Gasteiger partial charge in [0.2, 0.25) is 0 Å². The number of hydrogen-bond donors (Lipinski definition) is 1. The van der Waals surface area contributed by atoms with Crippen LogP contribution < -0.4 is 5.73 Å². The molecule has 0 aliphatic rings. The van der Waals surface area contributed by atoms with Crippen molar-refractivity contribution in [2.75, 3.05) is 12.8 Å². The van der Waals surface area contributed by atoms with Crippen molar-refractivity contribution < 1.29 is 9.53 Å². The van der Waals surface area contributed by atoms with Gasteiger partial charge in [-0.15, -0.1) is 0 Å². The monoisotopic (exact) mass is 269 g/mol. The Labute approximate surface area is 114 Å². The fourth-order valence-electron chi connectivity index (χ4n) is 1.88. The molecule has 0 saturated heterocycles. The number of carbonyl (C=O) groups is 1. The molecule has 0 atom stereocenters. The van der Waals surface area contributed by atoms with Gasteiger partial charge in [0.25, 0.3) is 0 Å². The van der Waals surface area contributed by atoms with Crippen molar-refractivity contribution in [3.05, 3.63) is 42.4 Å². The molecule has 0 amide bonds. The van der Waals surface area contributed by atoms with Gasteiger partial charge in [-0.25, -0.2) is 9.78 Å². The van der Waals surface area contributed by atoms with E-state index in [1.54, 1.807) is 18.5 Å². The molecule has 0 aliphatic carbocycles. The molecule has 0 aliphatic heterocycles. The maximum Gasteiger partial charge on any atom is 0.343 e. The molecule has 0 unspecified atom stereocenters. The summed E-state index contributed by atoms with van der Waals surface area (Å²) < 4.78 is 6.07. The van der Waals surface area contributed by atoms with E-state index in [0.29, 0.717) is 11.3 Å². The lowest BCUT2D eigenvalue weighted by atomic mass is 10.2. The van der Waals surface area contributed by atoms with Crippen LogP contribution in [0.15, 0.2) is 36.8 Å². The minimum absolute atomic E-state index is 0.185. The number of nitrogens with zero attached hydrogens (tertiary/aromatic N) is 4. The van der Waals surface area contributed by atoms with Gasteiger partial charge in [-0.3, -0.25) is 4.98 Å². The predicted molar refractivity (Wildman–Crippen MR) is 72.0 cm³/mol. The summed E-state index contributed by atoms with van der Waals surface area (Å²) in [6, 6.07) is 5.45. The fourth-order valence-corrected chi connectivity index (χ4v) is 1.88. The second-order valence-corrected chi connectivity index (χ2v) is 4.08. The van der Waals surface area contributed by atoms with Crippen LogP contribution in [0.25, 0.3) is 16.9 Å². The molecule has 0 saturated carbocycles. The molecule has 0 bridgehead atoms. The predicted octanol–water partition coefficient (Wildman–Crippen LogP) is 1.16. The Morgan fingerprint density at radius 2 is 2.10 bits per heavy atom. The lowest BCUT2D eigenvalue weighted by Gasteiger charge is -2.04. The standard InChI is InChI=1S/C13H11N5O2/c1-20-13(19)9-7-16-11-6-10(17-18(11)12(9)14)8-2-4-15-5-3-8/h2-7H,14H2,1H3. The summed E-state index contributed by atoms with van der Waals surface area (Å²) >= 11 is 0. The Morgan fingerprint density at radius 3 is 2.80 bits per heavy atom. The van der Waals surface area contributed by atoms with Gasteiger partial charge in [0.05, 0.1) is 12.8 Å². The molecule has 0 spiro atoms. The first-order valence-corrected chi connectivity index (χ1v) is 5.83. The van der Waals surface area contributed by atoms with Crippen molar-refractivity contribution >= 4 is 17.4 Å². The molecule has 3 aromatic rings. The number of nitrogen functional groups attached to an aromatic ring is 1. The average Bonchev–Trinajstić information content (AvgIpc) is 2.93. The summed E-state index contributed by atoms with van der Waals surface area (Å²) in [6.45, 7) is 0. The van der Waals surface area contributed by atoms with Crippen molar-refractivity contribution in [2.45, 2.75) is 0 Å². The molecular weight excluding hydrogens is 258 g/mol. The Hall–Kier alpha value is -2.96. The molecule has 2 N–H and O–H groups in total. The summed E-state index contributed by atoms with van der Waals surface area (Å²) in [5.41, 5.74) is 8.27. The number of pyridine rings is 1.